The largest absolute Gasteiger partial charge is 0.509 e. The lowest BCUT2D eigenvalue weighted by molar-refractivity contribution is 0.0268. The zero-order chi connectivity index (χ0) is 13.8. The molecule has 3 nitrogen and oxygen atoms in total. The van der Waals surface area contributed by atoms with Gasteiger partial charge in [-0.1, -0.05) is 64.6 Å². The van der Waals surface area contributed by atoms with Crippen molar-refractivity contribution in [2.24, 2.45) is 0 Å². The van der Waals surface area contributed by atoms with Gasteiger partial charge in [0.15, 0.2) is 6.10 Å². The van der Waals surface area contributed by atoms with E-state index in [0.717, 1.165) is 0 Å². The van der Waals surface area contributed by atoms with E-state index in [4.69, 9.17) is 51.1 Å². The number of benzene rings is 1. The van der Waals surface area contributed by atoms with Gasteiger partial charge in [0.2, 0.25) is 3.79 Å². The zero-order valence-electron chi connectivity index (χ0n) is 9.33. The molecule has 0 saturated carbocycles. The van der Waals surface area contributed by atoms with Crippen LogP contribution in [0.5, 0.6) is 0 Å². The Morgan fingerprint density at radius 1 is 1.33 bits per heavy atom. The minimum absolute atomic E-state index is 0.161. The van der Waals surface area contributed by atoms with Crippen LogP contribution in [0.25, 0.3) is 0 Å². The van der Waals surface area contributed by atoms with Crippen LogP contribution in [0.2, 0.25) is 5.02 Å². The van der Waals surface area contributed by atoms with Crippen LogP contribution >= 0.6 is 46.4 Å². The maximum absolute atomic E-state index is 11.3. The molecule has 0 radical (unpaired) electrons. The fraction of sp³-hybridized carbons (Fsp3) is 0.364. The molecule has 1 rings (SSSR count). The average molecular weight is 332 g/mol. The van der Waals surface area contributed by atoms with E-state index in [-0.39, 0.29) is 6.61 Å². The van der Waals surface area contributed by atoms with Crippen LogP contribution < -0.4 is 0 Å². The summed E-state index contributed by atoms with van der Waals surface area (Å²) >= 11 is 23.3. The molecule has 1 aromatic carbocycles. The molecular formula is C11H10Cl4O3. The Balaban J connectivity index is 3.00. The number of alkyl halides is 3. The molecule has 0 saturated heterocycles. The van der Waals surface area contributed by atoms with Crippen LogP contribution in [0.4, 0.5) is 4.79 Å². The predicted molar refractivity (Wildman–Crippen MR) is 72.6 cm³/mol. The smallest absolute Gasteiger partial charge is 0.435 e. The van der Waals surface area contributed by atoms with Gasteiger partial charge >= 0.3 is 6.16 Å². The molecule has 0 aromatic heterocycles. The number of hydrogen-bond donors (Lipinski definition) is 0. The van der Waals surface area contributed by atoms with E-state index >= 15 is 0 Å². The summed E-state index contributed by atoms with van der Waals surface area (Å²) in [5.74, 6) is 0. The highest BCUT2D eigenvalue weighted by molar-refractivity contribution is 6.68. The highest BCUT2D eigenvalue weighted by Gasteiger charge is 2.39. The van der Waals surface area contributed by atoms with E-state index in [1.165, 1.54) is 0 Å². The fourth-order valence-corrected chi connectivity index (χ4v) is 1.96. The summed E-state index contributed by atoms with van der Waals surface area (Å²) in [6, 6.07) is 6.62. The summed E-state index contributed by atoms with van der Waals surface area (Å²) in [5.41, 5.74) is 0.396. The van der Waals surface area contributed by atoms with Crippen molar-refractivity contribution in [2.45, 2.75) is 16.8 Å². The molecule has 0 fully saturated rings. The molecule has 0 aliphatic heterocycles. The number of hydrogen-bond acceptors (Lipinski definition) is 3. The SMILES string of the molecule is CCOC(=O)OC(c1ccccc1Cl)C(Cl)(Cl)Cl. The highest BCUT2D eigenvalue weighted by atomic mass is 35.6. The van der Waals surface area contributed by atoms with E-state index in [2.05, 4.69) is 4.74 Å². The standard InChI is InChI=1S/C11H10Cl4O3/c1-2-17-10(16)18-9(11(13,14)15)7-5-3-4-6-8(7)12/h3-6,9H,2H2,1H3. The van der Waals surface area contributed by atoms with E-state index in [9.17, 15) is 4.79 Å². The fourth-order valence-electron chi connectivity index (χ4n) is 1.24. The van der Waals surface area contributed by atoms with Crippen LogP contribution in [0.3, 0.4) is 0 Å². The zero-order valence-corrected chi connectivity index (χ0v) is 12.4. The molecule has 7 heteroatoms. The van der Waals surface area contributed by atoms with Gasteiger partial charge in [0.1, 0.15) is 0 Å². The molecule has 0 spiro atoms. The molecule has 0 amide bonds. The molecule has 0 aliphatic carbocycles. The van der Waals surface area contributed by atoms with Crippen LogP contribution in [0.1, 0.15) is 18.6 Å². The number of ether oxygens (including phenoxy) is 2. The molecule has 0 N–H and O–H groups in total. The van der Waals surface area contributed by atoms with Gasteiger partial charge in [0.25, 0.3) is 0 Å². The lowest BCUT2D eigenvalue weighted by Crippen LogP contribution is -2.24. The lowest BCUT2D eigenvalue weighted by Gasteiger charge is -2.24. The molecule has 1 atom stereocenters. The number of rotatable bonds is 3. The number of carbonyl (C=O) groups excluding carboxylic acids is 1. The maximum atomic E-state index is 11.3. The van der Waals surface area contributed by atoms with E-state index < -0.39 is 16.1 Å². The van der Waals surface area contributed by atoms with Gasteiger partial charge < -0.3 is 9.47 Å². The van der Waals surface area contributed by atoms with E-state index in [1.807, 2.05) is 0 Å². The molecule has 0 bridgehead atoms. The Morgan fingerprint density at radius 3 is 2.44 bits per heavy atom. The minimum atomic E-state index is -1.85. The van der Waals surface area contributed by atoms with E-state index in [1.54, 1.807) is 31.2 Å². The first kappa shape index (κ1) is 15.7. The monoisotopic (exact) mass is 330 g/mol. The maximum Gasteiger partial charge on any atom is 0.509 e. The predicted octanol–water partition coefficient (Wildman–Crippen LogP) is 4.92. The van der Waals surface area contributed by atoms with Gasteiger partial charge in [-0.05, 0) is 13.0 Å². The molecule has 18 heavy (non-hydrogen) atoms. The summed E-state index contributed by atoms with van der Waals surface area (Å²) in [6.07, 6.45) is -2.07. The van der Waals surface area contributed by atoms with Crippen molar-refractivity contribution in [3.63, 3.8) is 0 Å². The van der Waals surface area contributed by atoms with Crippen LogP contribution in [-0.4, -0.2) is 16.6 Å². The Hall–Kier alpha value is -0.350. The summed E-state index contributed by atoms with van der Waals surface area (Å²) in [4.78, 5) is 11.3. The second-order valence-corrected chi connectivity index (χ2v) is 6.02. The van der Waals surface area contributed by atoms with Crippen molar-refractivity contribution < 1.29 is 14.3 Å². The Bertz CT molecular complexity index is 417. The molecule has 100 valence electrons. The summed E-state index contributed by atoms with van der Waals surface area (Å²) in [7, 11) is 0. The first-order valence-electron chi connectivity index (χ1n) is 5.00. The number of carbonyl (C=O) groups is 1. The normalized spacial score (nSPS) is 12.9. The average Bonchev–Trinajstić information content (AvgIpc) is 2.26. The van der Waals surface area contributed by atoms with Crippen molar-refractivity contribution >= 4 is 52.6 Å². The first-order chi connectivity index (χ1) is 8.36. The Labute approximate surface area is 125 Å². The van der Waals surface area contributed by atoms with Gasteiger partial charge in [0, 0.05) is 10.6 Å². The topological polar surface area (TPSA) is 35.5 Å². The summed E-state index contributed by atoms with van der Waals surface area (Å²) < 4.78 is 7.78. The Kier molecular flexibility index (Phi) is 5.86. The third kappa shape index (κ3) is 4.39. The minimum Gasteiger partial charge on any atom is -0.435 e. The van der Waals surface area contributed by atoms with Crippen molar-refractivity contribution in [2.75, 3.05) is 6.61 Å². The van der Waals surface area contributed by atoms with E-state index in [0.29, 0.717) is 10.6 Å². The molecule has 0 heterocycles. The van der Waals surface area contributed by atoms with Gasteiger partial charge in [-0.15, -0.1) is 0 Å². The van der Waals surface area contributed by atoms with Crippen molar-refractivity contribution in [1.29, 1.82) is 0 Å². The first-order valence-corrected chi connectivity index (χ1v) is 6.52. The van der Waals surface area contributed by atoms with Crippen LogP contribution in [0.15, 0.2) is 24.3 Å². The van der Waals surface area contributed by atoms with Crippen molar-refractivity contribution in [1.82, 2.24) is 0 Å². The second kappa shape index (κ2) is 6.71. The lowest BCUT2D eigenvalue weighted by atomic mass is 10.1. The second-order valence-electron chi connectivity index (χ2n) is 3.24. The summed E-state index contributed by atoms with van der Waals surface area (Å²) in [6.45, 7) is 1.80. The molecule has 1 aromatic rings. The number of halogens is 4. The highest BCUT2D eigenvalue weighted by Crippen LogP contribution is 2.44. The molecular weight excluding hydrogens is 322 g/mol. The Morgan fingerprint density at radius 2 is 1.94 bits per heavy atom. The van der Waals surface area contributed by atoms with Gasteiger partial charge in [0.05, 0.1) is 6.61 Å². The molecule has 1 unspecified atom stereocenters. The van der Waals surface area contributed by atoms with Crippen molar-refractivity contribution in [3.8, 4) is 0 Å². The van der Waals surface area contributed by atoms with Gasteiger partial charge in [-0.3, -0.25) is 0 Å². The third-order valence-corrected chi connectivity index (χ3v) is 2.90. The molecule has 0 aliphatic rings. The van der Waals surface area contributed by atoms with Gasteiger partial charge in [-0.2, -0.15) is 0 Å². The summed E-state index contributed by atoms with van der Waals surface area (Å²) in [5, 5.41) is 0.332. The van der Waals surface area contributed by atoms with Gasteiger partial charge in [-0.25, -0.2) is 4.79 Å². The quantitative estimate of drug-likeness (QED) is 0.582. The van der Waals surface area contributed by atoms with Crippen LogP contribution in [-0.2, 0) is 9.47 Å². The third-order valence-electron chi connectivity index (χ3n) is 1.96. The van der Waals surface area contributed by atoms with Crippen LogP contribution in [0, 0.1) is 0 Å². The van der Waals surface area contributed by atoms with Crippen molar-refractivity contribution in [3.05, 3.63) is 34.9 Å².